The number of hydrogen-bond donors (Lipinski definition) is 1. The fourth-order valence-corrected chi connectivity index (χ4v) is 3.07. The molecular formula is C17H23N3. The van der Waals surface area contributed by atoms with Gasteiger partial charge in [0.1, 0.15) is 0 Å². The Morgan fingerprint density at radius 3 is 2.95 bits per heavy atom. The van der Waals surface area contributed by atoms with Crippen LogP contribution in [0.25, 0.3) is 0 Å². The van der Waals surface area contributed by atoms with Gasteiger partial charge in [0.2, 0.25) is 0 Å². The number of aromatic nitrogens is 2. The number of fused-ring (bicyclic) bond motifs is 1. The van der Waals surface area contributed by atoms with Crippen LogP contribution in [0.2, 0.25) is 0 Å². The molecule has 0 fully saturated rings. The number of aryl methyl sites for hydroxylation is 3. The minimum Gasteiger partial charge on any atom is -0.314 e. The van der Waals surface area contributed by atoms with E-state index in [-0.39, 0.29) is 0 Å². The normalized spacial score (nSPS) is 17.9. The lowest BCUT2D eigenvalue weighted by molar-refractivity contribution is 0.454. The van der Waals surface area contributed by atoms with Gasteiger partial charge in [-0.3, -0.25) is 4.68 Å². The summed E-state index contributed by atoms with van der Waals surface area (Å²) in [7, 11) is 1.97. The van der Waals surface area contributed by atoms with Gasteiger partial charge in [-0.15, -0.1) is 0 Å². The van der Waals surface area contributed by atoms with Crippen molar-refractivity contribution in [1.82, 2.24) is 15.1 Å². The molecule has 3 heteroatoms. The minimum absolute atomic E-state index is 0.652. The maximum Gasteiger partial charge on any atom is 0.0521 e. The highest BCUT2D eigenvalue weighted by Gasteiger charge is 2.17. The van der Waals surface area contributed by atoms with E-state index in [1.807, 2.05) is 17.9 Å². The molecule has 1 aromatic carbocycles. The lowest BCUT2D eigenvalue weighted by Crippen LogP contribution is -2.35. The van der Waals surface area contributed by atoms with E-state index < -0.39 is 0 Å². The van der Waals surface area contributed by atoms with Crippen LogP contribution in [0, 0.1) is 0 Å². The van der Waals surface area contributed by atoms with Crippen LogP contribution in [0.3, 0.4) is 0 Å². The van der Waals surface area contributed by atoms with Crippen LogP contribution < -0.4 is 5.32 Å². The van der Waals surface area contributed by atoms with E-state index in [2.05, 4.69) is 40.9 Å². The molecule has 3 nitrogen and oxygen atoms in total. The molecule has 1 N–H and O–H groups in total. The summed E-state index contributed by atoms with van der Waals surface area (Å²) in [4.78, 5) is 0. The molecule has 1 heterocycles. The number of rotatable bonds is 5. The van der Waals surface area contributed by atoms with E-state index in [1.165, 1.54) is 36.8 Å². The van der Waals surface area contributed by atoms with E-state index in [4.69, 9.17) is 0 Å². The Bertz CT molecular complexity index is 559. The van der Waals surface area contributed by atoms with E-state index in [0.717, 1.165) is 13.0 Å². The molecule has 1 aliphatic carbocycles. The molecular weight excluding hydrogens is 246 g/mol. The zero-order chi connectivity index (χ0) is 13.8. The van der Waals surface area contributed by atoms with E-state index in [9.17, 15) is 0 Å². The van der Waals surface area contributed by atoms with E-state index in [1.54, 1.807) is 5.56 Å². The van der Waals surface area contributed by atoms with Crippen molar-refractivity contribution < 1.29 is 0 Å². The van der Waals surface area contributed by atoms with Gasteiger partial charge in [0, 0.05) is 19.3 Å². The molecule has 0 bridgehead atoms. The predicted molar refractivity (Wildman–Crippen MR) is 81.8 cm³/mol. The molecule has 0 saturated carbocycles. The molecule has 0 radical (unpaired) electrons. The van der Waals surface area contributed by atoms with Crippen LogP contribution in [0.1, 0.15) is 29.5 Å². The third kappa shape index (κ3) is 3.28. The first kappa shape index (κ1) is 13.4. The molecule has 20 heavy (non-hydrogen) atoms. The van der Waals surface area contributed by atoms with Gasteiger partial charge in [-0.1, -0.05) is 24.3 Å². The van der Waals surface area contributed by atoms with Gasteiger partial charge in [-0.05, 0) is 55.3 Å². The SMILES string of the molecule is Cn1cc(CCCN[C@H]2CCc3ccccc3C2)cn1. The van der Waals surface area contributed by atoms with Crippen LogP contribution in [-0.2, 0) is 26.3 Å². The Kier molecular flexibility index (Phi) is 4.16. The Hall–Kier alpha value is -1.61. The number of nitrogens with one attached hydrogen (secondary N) is 1. The molecule has 106 valence electrons. The molecule has 0 spiro atoms. The van der Waals surface area contributed by atoms with Crippen molar-refractivity contribution in [3.05, 3.63) is 53.3 Å². The first-order chi connectivity index (χ1) is 9.81. The monoisotopic (exact) mass is 269 g/mol. The summed E-state index contributed by atoms with van der Waals surface area (Å²) in [5.74, 6) is 0. The average molecular weight is 269 g/mol. The lowest BCUT2D eigenvalue weighted by Gasteiger charge is -2.25. The molecule has 1 aliphatic rings. The van der Waals surface area contributed by atoms with Gasteiger partial charge >= 0.3 is 0 Å². The van der Waals surface area contributed by atoms with Crippen molar-refractivity contribution in [1.29, 1.82) is 0 Å². The number of hydrogen-bond acceptors (Lipinski definition) is 2. The molecule has 0 unspecified atom stereocenters. The molecule has 3 rings (SSSR count). The Labute approximate surface area is 121 Å². The van der Waals surface area contributed by atoms with Crippen LogP contribution in [0.5, 0.6) is 0 Å². The fraction of sp³-hybridized carbons (Fsp3) is 0.471. The second kappa shape index (κ2) is 6.23. The summed E-state index contributed by atoms with van der Waals surface area (Å²) in [6.45, 7) is 1.10. The smallest absolute Gasteiger partial charge is 0.0521 e. The van der Waals surface area contributed by atoms with Crippen LogP contribution in [0.4, 0.5) is 0 Å². The lowest BCUT2D eigenvalue weighted by atomic mass is 9.88. The molecule has 1 atom stereocenters. The van der Waals surface area contributed by atoms with Crippen LogP contribution in [0.15, 0.2) is 36.7 Å². The summed E-state index contributed by atoms with van der Waals surface area (Å²) < 4.78 is 1.88. The van der Waals surface area contributed by atoms with E-state index >= 15 is 0 Å². The molecule has 0 amide bonds. The molecule has 2 aromatic rings. The highest BCUT2D eigenvalue weighted by molar-refractivity contribution is 5.30. The van der Waals surface area contributed by atoms with Gasteiger partial charge in [0.05, 0.1) is 6.20 Å². The minimum atomic E-state index is 0.652. The Morgan fingerprint density at radius 2 is 2.15 bits per heavy atom. The topological polar surface area (TPSA) is 29.9 Å². The van der Waals surface area contributed by atoms with Crippen molar-refractivity contribution >= 4 is 0 Å². The van der Waals surface area contributed by atoms with Crippen molar-refractivity contribution in [2.24, 2.45) is 7.05 Å². The maximum absolute atomic E-state index is 4.21. The summed E-state index contributed by atoms with van der Waals surface area (Å²) >= 11 is 0. The average Bonchev–Trinajstić information content (AvgIpc) is 2.89. The Balaban J connectivity index is 1.42. The second-order valence-corrected chi connectivity index (χ2v) is 5.79. The molecule has 0 saturated heterocycles. The van der Waals surface area contributed by atoms with Crippen LogP contribution in [-0.4, -0.2) is 22.4 Å². The van der Waals surface area contributed by atoms with Gasteiger partial charge < -0.3 is 5.32 Å². The highest BCUT2D eigenvalue weighted by atomic mass is 15.2. The van der Waals surface area contributed by atoms with Gasteiger partial charge in [-0.25, -0.2) is 0 Å². The third-order valence-electron chi connectivity index (χ3n) is 4.18. The van der Waals surface area contributed by atoms with Crippen LogP contribution >= 0.6 is 0 Å². The van der Waals surface area contributed by atoms with Crippen molar-refractivity contribution in [3.8, 4) is 0 Å². The van der Waals surface area contributed by atoms with Gasteiger partial charge in [0.25, 0.3) is 0 Å². The molecule has 1 aromatic heterocycles. The van der Waals surface area contributed by atoms with Crippen molar-refractivity contribution in [2.45, 2.75) is 38.1 Å². The molecule has 0 aliphatic heterocycles. The third-order valence-corrected chi connectivity index (χ3v) is 4.18. The maximum atomic E-state index is 4.21. The second-order valence-electron chi connectivity index (χ2n) is 5.79. The Morgan fingerprint density at radius 1 is 1.30 bits per heavy atom. The quantitative estimate of drug-likeness (QED) is 0.845. The summed E-state index contributed by atoms with van der Waals surface area (Å²) in [5, 5.41) is 7.92. The number of nitrogens with zero attached hydrogens (tertiary/aromatic N) is 2. The standard InChI is InChI=1S/C17H23N3/c1-20-13-14(12-19-20)5-4-10-18-17-9-8-15-6-2-3-7-16(15)11-17/h2-3,6-7,12-13,17-18H,4-5,8-11H2,1H3/t17-/m0/s1. The van der Waals surface area contributed by atoms with Crippen molar-refractivity contribution in [2.75, 3.05) is 6.54 Å². The highest BCUT2D eigenvalue weighted by Crippen LogP contribution is 2.20. The van der Waals surface area contributed by atoms with Gasteiger partial charge in [-0.2, -0.15) is 5.10 Å². The number of benzene rings is 1. The fourth-order valence-electron chi connectivity index (χ4n) is 3.07. The van der Waals surface area contributed by atoms with Crippen molar-refractivity contribution in [3.63, 3.8) is 0 Å². The summed E-state index contributed by atoms with van der Waals surface area (Å²) in [6.07, 6.45) is 10.0. The zero-order valence-electron chi connectivity index (χ0n) is 12.2. The first-order valence-corrected chi connectivity index (χ1v) is 7.59. The summed E-state index contributed by atoms with van der Waals surface area (Å²) in [6, 6.07) is 9.51. The van der Waals surface area contributed by atoms with Gasteiger partial charge in [0.15, 0.2) is 0 Å². The zero-order valence-corrected chi connectivity index (χ0v) is 12.2. The van der Waals surface area contributed by atoms with E-state index in [0.29, 0.717) is 6.04 Å². The largest absolute Gasteiger partial charge is 0.314 e. The first-order valence-electron chi connectivity index (χ1n) is 7.59. The summed E-state index contributed by atoms with van der Waals surface area (Å²) in [5.41, 5.74) is 4.41. The predicted octanol–water partition coefficient (Wildman–Crippen LogP) is 2.50.